The minimum Gasteiger partial charge on any atom is -0.306 e. The second-order valence-corrected chi connectivity index (χ2v) is 8.11. The molecule has 0 saturated carbocycles. The Bertz CT molecular complexity index is 572. The minimum atomic E-state index is 0.266. The fourth-order valence-electron chi connectivity index (χ4n) is 2.34. The van der Waals surface area contributed by atoms with E-state index >= 15 is 0 Å². The van der Waals surface area contributed by atoms with Gasteiger partial charge in [-0.2, -0.15) is 0 Å². The van der Waals surface area contributed by atoms with Crippen molar-refractivity contribution < 1.29 is 0 Å². The number of nitrogens with one attached hydrogen (secondary N) is 1. The second kappa shape index (κ2) is 7.21. The van der Waals surface area contributed by atoms with Gasteiger partial charge >= 0.3 is 0 Å². The maximum atomic E-state index is 3.68. The summed E-state index contributed by atoms with van der Waals surface area (Å²) in [7, 11) is 0. The van der Waals surface area contributed by atoms with Crippen LogP contribution in [0.25, 0.3) is 0 Å². The third-order valence-corrected chi connectivity index (χ3v) is 5.29. The minimum absolute atomic E-state index is 0.266. The monoisotopic (exact) mass is 415 g/mol. The third kappa shape index (κ3) is 3.94. The molecule has 1 heterocycles. The Hall–Kier alpha value is -0.160. The van der Waals surface area contributed by atoms with E-state index in [-0.39, 0.29) is 6.04 Å². The predicted molar refractivity (Wildman–Crippen MR) is 95.8 cm³/mol. The van der Waals surface area contributed by atoms with Crippen molar-refractivity contribution in [1.82, 2.24) is 5.32 Å². The Balaban J connectivity index is 2.43. The molecule has 0 bridgehead atoms. The van der Waals surface area contributed by atoms with Crippen molar-refractivity contribution in [1.29, 1.82) is 0 Å². The second-order valence-electron chi connectivity index (χ2n) is 4.99. The molecule has 1 nitrogen and oxygen atoms in total. The van der Waals surface area contributed by atoms with E-state index in [0.29, 0.717) is 0 Å². The van der Waals surface area contributed by atoms with Crippen LogP contribution in [-0.4, -0.2) is 6.54 Å². The zero-order chi connectivity index (χ0) is 14.7. The molecule has 0 spiro atoms. The average molecular weight is 417 g/mol. The molecule has 0 aliphatic heterocycles. The van der Waals surface area contributed by atoms with Crippen LogP contribution in [0.2, 0.25) is 0 Å². The number of halogens is 2. The van der Waals surface area contributed by atoms with Crippen molar-refractivity contribution in [2.45, 2.75) is 33.2 Å². The van der Waals surface area contributed by atoms with Gasteiger partial charge in [0.25, 0.3) is 0 Å². The Morgan fingerprint density at radius 2 is 1.75 bits per heavy atom. The number of aryl methyl sites for hydroxylation is 2. The molecule has 20 heavy (non-hydrogen) atoms. The molecule has 0 aliphatic rings. The van der Waals surface area contributed by atoms with Gasteiger partial charge in [-0.25, -0.2) is 0 Å². The molecular formula is C16H19Br2NS. The zero-order valence-electron chi connectivity index (χ0n) is 12.0. The maximum Gasteiger partial charge on any atom is 0.0674 e. The highest BCUT2D eigenvalue weighted by molar-refractivity contribution is 9.11. The lowest BCUT2D eigenvalue weighted by Crippen LogP contribution is -2.23. The summed E-state index contributed by atoms with van der Waals surface area (Å²) < 4.78 is 2.22. The largest absolute Gasteiger partial charge is 0.306 e. The first-order valence-electron chi connectivity index (χ1n) is 6.77. The lowest BCUT2D eigenvalue weighted by Gasteiger charge is -2.19. The summed E-state index contributed by atoms with van der Waals surface area (Å²) in [6, 6.07) is 9.02. The van der Waals surface area contributed by atoms with E-state index < -0.39 is 0 Å². The van der Waals surface area contributed by atoms with Crippen LogP contribution >= 0.6 is 43.2 Å². The Morgan fingerprint density at radius 3 is 2.25 bits per heavy atom. The molecule has 2 rings (SSSR count). The molecule has 0 radical (unpaired) electrons. The molecule has 0 fully saturated rings. The van der Waals surface area contributed by atoms with Gasteiger partial charge in [-0.3, -0.25) is 0 Å². The molecule has 4 heteroatoms. The summed E-state index contributed by atoms with van der Waals surface area (Å²) in [4.78, 5) is 2.79. The van der Waals surface area contributed by atoms with Gasteiger partial charge in [-0.05, 0) is 62.2 Å². The van der Waals surface area contributed by atoms with Gasteiger partial charge in [-0.15, -0.1) is 11.3 Å². The molecule has 1 unspecified atom stereocenters. The molecule has 1 aromatic heterocycles. The Morgan fingerprint density at radius 1 is 1.10 bits per heavy atom. The van der Waals surface area contributed by atoms with Gasteiger partial charge in [0.15, 0.2) is 0 Å². The fraction of sp³-hybridized carbons (Fsp3) is 0.375. The summed E-state index contributed by atoms with van der Waals surface area (Å²) in [5.41, 5.74) is 2.67. The predicted octanol–water partition coefficient (Wildman–Crippen LogP) is 5.98. The van der Waals surface area contributed by atoms with Crippen LogP contribution in [0.15, 0.2) is 33.2 Å². The molecule has 108 valence electrons. The number of hydrogen-bond donors (Lipinski definition) is 1. The third-order valence-electron chi connectivity index (χ3n) is 3.16. The van der Waals surface area contributed by atoms with Gasteiger partial charge in [0.1, 0.15) is 0 Å². The van der Waals surface area contributed by atoms with E-state index in [2.05, 4.69) is 82.2 Å². The summed E-state index contributed by atoms with van der Waals surface area (Å²) >= 11 is 9.07. The number of benzene rings is 1. The van der Waals surface area contributed by atoms with Crippen molar-refractivity contribution in [3.63, 3.8) is 0 Å². The van der Waals surface area contributed by atoms with Gasteiger partial charge in [0.2, 0.25) is 0 Å². The maximum absolute atomic E-state index is 3.68. The van der Waals surface area contributed by atoms with Gasteiger partial charge in [-0.1, -0.05) is 38.8 Å². The van der Waals surface area contributed by atoms with Gasteiger partial charge in [0, 0.05) is 18.7 Å². The van der Waals surface area contributed by atoms with E-state index in [0.717, 1.165) is 21.9 Å². The number of hydrogen-bond acceptors (Lipinski definition) is 2. The van der Waals surface area contributed by atoms with Crippen LogP contribution in [0.4, 0.5) is 0 Å². The number of thiophene rings is 1. The van der Waals surface area contributed by atoms with Gasteiger partial charge in [0.05, 0.1) is 6.04 Å². The molecule has 0 amide bonds. The van der Waals surface area contributed by atoms with Crippen molar-refractivity contribution in [2.75, 3.05) is 6.54 Å². The summed E-state index contributed by atoms with van der Waals surface area (Å²) in [5, 5.41) is 3.68. The van der Waals surface area contributed by atoms with Crippen LogP contribution in [0, 0.1) is 13.8 Å². The first-order chi connectivity index (χ1) is 9.51. The van der Waals surface area contributed by atoms with Crippen LogP contribution in [0.1, 0.15) is 40.3 Å². The first-order valence-corrected chi connectivity index (χ1v) is 9.17. The Labute approximate surface area is 142 Å². The van der Waals surface area contributed by atoms with Crippen molar-refractivity contribution in [3.8, 4) is 0 Å². The standard InChI is InChI=1S/C16H19Br2NS/c1-4-5-19-15(16-10(2)6-11(3)20-16)12-7-13(17)9-14(18)8-12/h6-9,15,19H,4-5H2,1-3H3. The molecule has 0 saturated heterocycles. The quantitative estimate of drug-likeness (QED) is 0.632. The van der Waals surface area contributed by atoms with Crippen LogP contribution < -0.4 is 5.32 Å². The van der Waals surface area contributed by atoms with Gasteiger partial charge < -0.3 is 5.32 Å². The van der Waals surface area contributed by atoms with Crippen LogP contribution in [0.5, 0.6) is 0 Å². The van der Waals surface area contributed by atoms with E-state index in [9.17, 15) is 0 Å². The summed E-state index contributed by atoms with van der Waals surface area (Å²) in [6.45, 7) is 7.60. The van der Waals surface area contributed by atoms with Crippen molar-refractivity contribution in [2.24, 2.45) is 0 Å². The van der Waals surface area contributed by atoms with E-state index in [1.54, 1.807) is 0 Å². The van der Waals surface area contributed by atoms with E-state index in [1.165, 1.54) is 20.9 Å². The molecule has 0 aliphatic carbocycles. The highest BCUT2D eigenvalue weighted by Gasteiger charge is 2.18. The fourth-order valence-corrected chi connectivity index (χ4v) is 4.81. The Kier molecular flexibility index (Phi) is 5.84. The normalized spacial score (nSPS) is 12.7. The summed E-state index contributed by atoms with van der Waals surface area (Å²) in [6.07, 6.45) is 1.13. The molecule has 2 aromatic rings. The zero-order valence-corrected chi connectivity index (χ0v) is 16.0. The number of rotatable bonds is 5. The summed E-state index contributed by atoms with van der Waals surface area (Å²) in [5.74, 6) is 0. The van der Waals surface area contributed by atoms with Crippen LogP contribution in [0.3, 0.4) is 0 Å². The smallest absolute Gasteiger partial charge is 0.0674 e. The highest BCUT2D eigenvalue weighted by atomic mass is 79.9. The molecule has 1 atom stereocenters. The first kappa shape index (κ1) is 16.2. The van der Waals surface area contributed by atoms with E-state index in [4.69, 9.17) is 0 Å². The SMILES string of the molecule is CCCNC(c1cc(Br)cc(Br)c1)c1sc(C)cc1C. The highest BCUT2D eigenvalue weighted by Crippen LogP contribution is 2.34. The molecule has 1 N–H and O–H groups in total. The lowest BCUT2D eigenvalue weighted by atomic mass is 10.0. The van der Waals surface area contributed by atoms with Crippen LogP contribution in [-0.2, 0) is 0 Å². The topological polar surface area (TPSA) is 12.0 Å². The van der Waals surface area contributed by atoms with E-state index in [1.807, 2.05) is 11.3 Å². The van der Waals surface area contributed by atoms with Crippen molar-refractivity contribution >= 4 is 43.2 Å². The lowest BCUT2D eigenvalue weighted by molar-refractivity contribution is 0.603. The van der Waals surface area contributed by atoms with Crippen molar-refractivity contribution in [3.05, 3.63) is 54.1 Å². The molecule has 1 aromatic carbocycles. The average Bonchev–Trinajstić information content (AvgIpc) is 2.68. The molecular weight excluding hydrogens is 398 g/mol.